The minimum absolute atomic E-state index is 0.578. The summed E-state index contributed by atoms with van der Waals surface area (Å²) < 4.78 is 0. The molecule has 1 fully saturated rings. The van der Waals surface area contributed by atoms with Crippen LogP contribution in [-0.2, 0) is 19.6 Å². The Balaban J connectivity index is 1.67. The van der Waals surface area contributed by atoms with Crippen LogP contribution in [0.2, 0.25) is 0 Å². The maximum Gasteiger partial charge on any atom is 0.250 e. The van der Waals surface area contributed by atoms with Gasteiger partial charge in [0.05, 0.1) is 0 Å². The Morgan fingerprint density at radius 3 is 2.10 bits per heavy atom. The molecule has 1 aliphatic rings. The van der Waals surface area contributed by atoms with Crippen molar-refractivity contribution in [2.45, 2.75) is 19.5 Å². The molecule has 1 saturated heterocycles. The summed E-state index contributed by atoms with van der Waals surface area (Å²) in [6.45, 7) is 1.95. The SMILES string of the molecule is Cc1ccccc1C1OOC(c2ccc(C=O)cc2)OO1. The first-order valence-electron chi connectivity index (χ1n) is 6.53. The van der Waals surface area contributed by atoms with E-state index in [1.54, 1.807) is 24.3 Å². The zero-order chi connectivity index (χ0) is 14.7. The van der Waals surface area contributed by atoms with Gasteiger partial charge in [-0.15, -0.1) is 0 Å². The molecule has 5 heteroatoms. The Labute approximate surface area is 121 Å². The molecule has 0 atom stereocenters. The van der Waals surface area contributed by atoms with E-state index < -0.39 is 12.6 Å². The van der Waals surface area contributed by atoms with Gasteiger partial charge in [-0.3, -0.25) is 4.79 Å². The topological polar surface area (TPSA) is 54.0 Å². The van der Waals surface area contributed by atoms with Crippen molar-refractivity contribution in [2.24, 2.45) is 0 Å². The van der Waals surface area contributed by atoms with Crippen molar-refractivity contribution in [2.75, 3.05) is 0 Å². The second-order valence-electron chi connectivity index (χ2n) is 4.69. The average molecular weight is 286 g/mol. The first kappa shape index (κ1) is 13.9. The van der Waals surface area contributed by atoms with E-state index in [0.717, 1.165) is 17.4 Å². The van der Waals surface area contributed by atoms with Crippen molar-refractivity contribution in [3.8, 4) is 0 Å². The third kappa shape index (κ3) is 3.01. The standard InChI is InChI=1S/C16H14O5/c1-11-4-2-3-5-14(11)16-20-18-15(19-21-16)13-8-6-12(10-17)7-9-13/h2-10,15-16H,1H3. The molecule has 0 N–H and O–H groups in total. The van der Waals surface area contributed by atoms with E-state index in [9.17, 15) is 4.79 Å². The molecule has 5 nitrogen and oxygen atoms in total. The van der Waals surface area contributed by atoms with Crippen LogP contribution < -0.4 is 0 Å². The summed E-state index contributed by atoms with van der Waals surface area (Å²) in [5, 5.41) is 0. The molecule has 0 bridgehead atoms. The van der Waals surface area contributed by atoms with Gasteiger partial charge in [0.2, 0.25) is 12.6 Å². The maximum atomic E-state index is 10.6. The van der Waals surface area contributed by atoms with Gasteiger partial charge in [0.15, 0.2) is 0 Å². The number of benzene rings is 2. The number of aldehydes is 1. The van der Waals surface area contributed by atoms with Crippen LogP contribution in [0.1, 0.15) is 39.6 Å². The van der Waals surface area contributed by atoms with Crippen molar-refractivity contribution in [1.82, 2.24) is 0 Å². The van der Waals surface area contributed by atoms with E-state index in [1.165, 1.54) is 0 Å². The number of aryl methyl sites for hydroxylation is 1. The molecule has 3 rings (SSSR count). The van der Waals surface area contributed by atoms with Crippen LogP contribution in [0.4, 0.5) is 0 Å². The molecule has 108 valence electrons. The zero-order valence-corrected chi connectivity index (χ0v) is 11.4. The van der Waals surface area contributed by atoms with Gasteiger partial charge in [0.1, 0.15) is 6.29 Å². The largest absolute Gasteiger partial charge is 0.298 e. The van der Waals surface area contributed by atoms with Crippen molar-refractivity contribution < 1.29 is 24.3 Å². The van der Waals surface area contributed by atoms with E-state index in [0.29, 0.717) is 11.1 Å². The van der Waals surface area contributed by atoms with Gasteiger partial charge in [0.25, 0.3) is 0 Å². The van der Waals surface area contributed by atoms with Crippen molar-refractivity contribution in [3.05, 3.63) is 70.8 Å². The number of carbonyl (C=O) groups excluding carboxylic acids is 1. The van der Waals surface area contributed by atoms with E-state index in [1.807, 2.05) is 31.2 Å². The normalized spacial score (nSPS) is 22.0. The molecule has 0 aromatic heterocycles. The quantitative estimate of drug-likeness (QED) is 0.639. The summed E-state index contributed by atoms with van der Waals surface area (Å²) in [5.74, 6) is 0. The summed E-state index contributed by atoms with van der Waals surface area (Å²) in [7, 11) is 0. The lowest BCUT2D eigenvalue weighted by molar-refractivity contribution is -0.600. The highest BCUT2D eigenvalue weighted by Crippen LogP contribution is 2.33. The lowest BCUT2D eigenvalue weighted by Gasteiger charge is -2.27. The lowest BCUT2D eigenvalue weighted by Crippen LogP contribution is -2.22. The van der Waals surface area contributed by atoms with E-state index in [-0.39, 0.29) is 0 Å². The number of carbonyl (C=O) groups is 1. The van der Waals surface area contributed by atoms with Gasteiger partial charge in [0, 0.05) is 16.7 Å². The third-order valence-corrected chi connectivity index (χ3v) is 3.25. The molecule has 0 amide bonds. The monoisotopic (exact) mass is 286 g/mol. The average Bonchev–Trinajstić information content (AvgIpc) is 2.56. The Kier molecular flexibility index (Phi) is 4.08. The molecule has 2 aromatic carbocycles. The number of hydrogen-bond acceptors (Lipinski definition) is 5. The predicted molar refractivity (Wildman–Crippen MR) is 72.8 cm³/mol. The fourth-order valence-corrected chi connectivity index (χ4v) is 2.03. The summed E-state index contributed by atoms with van der Waals surface area (Å²) in [6.07, 6.45) is -0.740. The van der Waals surface area contributed by atoms with Gasteiger partial charge in [-0.25, -0.2) is 0 Å². The second-order valence-corrected chi connectivity index (χ2v) is 4.69. The lowest BCUT2D eigenvalue weighted by atomic mass is 10.1. The van der Waals surface area contributed by atoms with Gasteiger partial charge in [-0.1, -0.05) is 48.5 Å². The van der Waals surface area contributed by atoms with Crippen LogP contribution in [0.25, 0.3) is 0 Å². The molecular formula is C16H14O5. The highest BCUT2D eigenvalue weighted by Gasteiger charge is 2.28. The molecule has 0 saturated carbocycles. The van der Waals surface area contributed by atoms with Crippen LogP contribution in [-0.4, -0.2) is 6.29 Å². The minimum Gasteiger partial charge on any atom is -0.298 e. The van der Waals surface area contributed by atoms with Crippen LogP contribution in [0, 0.1) is 6.92 Å². The summed E-state index contributed by atoms with van der Waals surface area (Å²) in [5.41, 5.74) is 3.13. The second kappa shape index (κ2) is 6.15. The predicted octanol–water partition coefficient (Wildman–Crippen LogP) is 3.41. The summed E-state index contributed by atoms with van der Waals surface area (Å²) in [6, 6.07) is 14.4. The molecule has 0 unspecified atom stereocenters. The van der Waals surface area contributed by atoms with E-state index in [4.69, 9.17) is 19.6 Å². The number of hydrogen-bond donors (Lipinski definition) is 0. The zero-order valence-electron chi connectivity index (χ0n) is 11.4. The van der Waals surface area contributed by atoms with Crippen LogP contribution in [0.15, 0.2) is 48.5 Å². The Morgan fingerprint density at radius 1 is 0.857 bits per heavy atom. The molecule has 0 aliphatic carbocycles. The fourth-order valence-electron chi connectivity index (χ4n) is 2.03. The van der Waals surface area contributed by atoms with Crippen molar-refractivity contribution in [3.63, 3.8) is 0 Å². The van der Waals surface area contributed by atoms with Crippen molar-refractivity contribution >= 4 is 6.29 Å². The Hall–Kier alpha value is -2.05. The fraction of sp³-hybridized carbons (Fsp3) is 0.188. The maximum absolute atomic E-state index is 10.6. The van der Waals surface area contributed by atoms with Crippen molar-refractivity contribution in [1.29, 1.82) is 0 Å². The molecule has 1 heterocycles. The van der Waals surface area contributed by atoms with E-state index >= 15 is 0 Å². The van der Waals surface area contributed by atoms with E-state index in [2.05, 4.69) is 0 Å². The minimum atomic E-state index is -0.786. The summed E-state index contributed by atoms with van der Waals surface area (Å²) in [4.78, 5) is 31.6. The van der Waals surface area contributed by atoms with Gasteiger partial charge >= 0.3 is 0 Å². The molecule has 21 heavy (non-hydrogen) atoms. The molecule has 2 aromatic rings. The Morgan fingerprint density at radius 2 is 1.48 bits per heavy atom. The highest BCUT2D eigenvalue weighted by atomic mass is 17.4. The first-order chi connectivity index (χ1) is 10.3. The first-order valence-corrected chi connectivity index (χ1v) is 6.53. The van der Waals surface area contributed by atoms with Crippen LogP contribution in [0.5, 0.6) is 0 Å². The number of rotatable bonds is 3. The van der Waals surface area contributed by atoms with Gasteiger partial charge in [-0.05, 0) is 12.5 Å². The molecular weight excluding hydrogens is 272 g/mol. The van der Waals surface area contributed by atoms with Gasteiger partial charge < -0.3 is 0 Å². The molecule has 0 radical (unpaired) electrons. The smallest absolute Gasteiger partial charge is 0.250 e. The summed E-state index contributed by atoms with van der Waals surface area (Å²) >= 11 is 0. The van der Waals surface area contributed by atoms with Crippen LogP contribution >= 0.6 is 0 Å². The molecule has 1 aliphatic heterocycles. The third-order valence-electron chi connectivity index (χ3n) is 3.25. The molecule has 0 spiro atoms. The highest BCUT2D eigenvalue weighted by molar-refractivity contribution is 5.74. The Bertz CT molecular complexity index is 615. The van der Waals surface area contributed by atoms with Gasteiger partial charge in [-0.2, -0.15) is 19.6 Å². The van der Waals surface area contributed by atoms with Crippen LogP contribution in [0.3, 0.4) is 0 Å².